The van der Waals surface area contributed by atoms with Crippen LogP contribution >= 0.6 is 0 Å². The molecule has 1 aromatic rings. The molecular formula is C13H12O3. The maximum atomic E-state index is 10.8. The van der Waals surface area contributed by atoms with Crippen molar-refractivity contribution in [1.29, 1.82) is 0 Å². The van der Waals surface area contributed by atoms with Gasteiger partial charge in [0.2, 0.25) is 0 Å². The quantitative estimate of drug-likeness (QED) is 0.745. The average molecular weight is 216 g/mol. The number of carbonyl (C=O) groups is 1. The number of carboxylic acid groups (broad SMARTS) is 1. The van der Waals surface area contributed by atoms with E-state index < -0.39 is 17.5 Å². The third-order valence-electron chi connectivity index (χ3n) is 3.17. The van der Waals surface area contributed by atoms with Crippen molar-refractivity contribution in [2.75, 3.05) is 0 Å². The molecule has 0 heterocycles. The predicted molar refractivity (Wildman–Crippen MR) is 58.9 cm³/mol. The molecule has 1 unspecified atom stereocenters. The number of aliphatic hydroxyl groups excluding tert-OH is 1. The Labute approximate surface area is 93.7 Å². The summed E-state index contributed by atoms with van der Waals surface area (Å²) >= 11 is 0. The number of aliphatic hydroxyl groups is 1. The molecule has 2 N–H and O–H groups in total. The van der Waals surface area contributed by atoms with Crippen LogP contribution in [-0.2, 0) is 10.2 Å². The SMILES string of the molecule is C#Cc1ccc(C2(C(O)C(=O)O)CC2)cc1. The van der Waals surface area contributed by atoms with Crippen molar-refractivity contribution in [2.24, 2.45) is 0 Å². The fraction of sp³-hybridized carbons (Fsp3) is 0.308. The minimum absolute atomic E-state index is 0.598. The first-order valence-electron chi connectivity index (χ1n) is 5.08. The molecule has 1 atom stereocenters. The van der Waals surface area contributed by atoms with Gasteiger partial charge >= 0.3 is 5.97 Å². The molecule has 1 aliphatic rings. The van der Waals surface area contributed by atoms with Crippen molar-refractivity contribution >= 4 is 5.97 Å². The number of terminal acetylenes is 1. The van der Waals surface area contributed by atoms with Crippen LogP contribution < -0.4 is 0 Å². The highest BCUT2D eigenvalue weighted by Gasteiger charge is 2.53. The molecule has 1 saturated carbocycles. The largest absolute Gasteiger partial charge is 0.479 e. The molecule has 0 radical (unpaired) electrons. The molecule has 1 aliphatic carbocycles. The first-order valence-corrected chi connectivity index (χ1v) is 5.08. The Kier molecular flexibility index (Phi) is 2.45. The summed E-state index contributed by atoms with van der Waals surface area (Å²) in [5, 5.41) is 18.5. The molecule has 2 rings (SSSR count). The zero-order valence-electron chi connectivity index (χ0n) is 8.68. The minimum Gasteiger partial charge on any atom is -0.479 e. The number of hydrogen-bond donors (Lipinski definition) is 2. The van der Waals surface area contributed by atoms with Gasteiger partial charge in [-0.15, -0.1) is 6.42 Å². The van der Waals surface area contributed by atoms with Gasteiger partial charge in [0.15, 0.2) is 6.10 Å². The number of rotatable bonds is 3. The summed E-state index contributed by atoms with van der Waals surface area (Å²) in [6.45, 7) is 0. The molecule has 16 heavy (non-hydrogen) atoms. The first-order chi connectivity index (χ1) is 7.60. The lowest BCUT2D eigenvalue weighted by Gasteiger charge is -2.19. The molecule has 0 bridgehead atoms. The monoisotopic (exact) mass is 216 g/mol. The summed E-state index contributed by atoms with van der Waals surface area (Å²) in [5.74, 6) is 1.33. The Morgan fingerprint density at radius 2 is 1.94 bits per heavy atom. The fourth-order valence-electron chi connectivity index (χ4n) is 1.99. The number of carboxylic acids is 1. The summed E-state index contributed by atoms with van der Waals surface area (Å²) < 4.78 is 0. The summed E-state index contributed by atoms with van der Waals surface area (Å²) in [6.07, 6.45) is 5.32. The Bertz CT molecular complexity index is 449. The van der Waals surface area contributed by atoms with E-state index in [0.717, 1.165) is 11.1 Å². The van der Waals surface area contributed by atoms with Gasteiger partial charge < -0.3 is 10.2 Å². The third kappa shape index (κ3) is 1.58. The summed E-state index contributed by atoms with van der Waals surface area (Å²) in [7, 11) is 0. The van der Waals surface area contributed by atoms with Gasteiger partial charge in [-0.3, -0.25) is 0 Å². The van der Waals surface area contributed by atoms with Crippen molar-refractivity contribution in [3.05, 3.63) is 35.4 Å². The molecule has 0 amide bonds. The Hall–Kier alpha value is -1.79. The van der Waals surface area contributed by atoms with Crippen molar-refractivity contribution in [3.8, 4) is 12.3 Å². The lowest BCUT2D eigenvalue weighted by Crippen LogP contribution is -2.33. The van der Waals surface area contributed by atoms with E-state index in [1.54, 1.807) is 24.3 Å². The third-order valence-corrected chi connectivity index (χ3v) is 3.17. The number of benzene rings is 1. The van der Waals surface area contributed by atoms with Crippen LogP contribution in [0.15, 0.2) is 24.3 Å². The van der Waals surface area contributed by atoms with E-state index in [-0.39, 0.29) is 0 Å². The van der Waals surface area contributed by atoms with Crippen LogP contribution in [0, 0.1) is 12.3 Å². The molecule has 0 saturated heterocycles. The minimum atomic E-state index is -1.33. The van der Waals surface area contributed by atoms with E-state index in [4.69, 9.17) is 11.5 Å². The smallest absolute Gasteiger partial charge is 0.333 e. The molecule has 0 aliphatic heterocycles. The van der Waals surface area contributed by atoms with Crippen molar-refractivity contribution in [2.45, 2.75) is 24.4 Å². The maximum absolute atomic E-state index is 10.8. The van der Waals surface area contributed by atoms with Gasteiger partial charge in [-0.2, -0.15) is 0 Å². The molecular weight excluding hydrogens is 204 g/mol. The molecule has 0 spiro atoms. The van der Waals surface area contributed by atoms with Gasteiger partial charge in [-0.25, -0.2) is 4.79 Å². The second-order valence-electron chi connectivity index (χ2n) is 4.12. The lowest BCUT2D eigenvalue weighted by molar-refractivity contribution is -0.148. The second-order valence-corrected chi connectivity index (χ2v) is 4.12. The average Bonchev–Trinajstić information content (AvgIpc) is 3.09. The van der Waals surface area contributed by atoms with Crippen LogP contribution in [0.4, 0.5) is 0 Å². The molecule has 0 aromatic heterocycles. The van der Waals surface area contributed by atoms with E-state index in [1.165, 1.54) is 0 Å². The van der Waals surface area contributed by atoms with Crippen molar-refractivity contribution in [1.82, 2.24) is 0 Å². The van der Waals surface area contributed by atoms with Crippen LogP contribution in [-0.4, -0.2) is 22.3 Å². The van der Waals surface area contributed by atoms with E-state index in [0.29, 0.717) is 12.8 Å². The van der Waals surface area contributed by atoms with Crippen LogP contribution in [0.5, 0.6) is 0 Å². The summed E-state index contributed by atoms with van der Waals surface area (Å²) in [5.41, 5.74) is 1.00. The first kappa shape index (κ1) is 10.7. The number of aliphatic carboxylic acids is 1. The fourth-order valence-corrected chi connectivity index (χ4v) is 1.99. The van der Waals surface area contributed by atoms with Gasteiger partial charge in [0, 0.05) is 11.0 Å². The highest BCUT2D eigenvalue weighted by molar-refractivity contribution is 5.75. The second kappa shape index (κ2) is 3.66. The molecule has 3 heteroatoms. The van der Waals surface area contributed by atoms with Crippen LogP contribution in [0.2, 0.25) is 0 Å². The zero-order chi connectivity index (χ0) is 11.8. The molecule has 1 aromatic carbocycles. The van der Waals surface area contributed by atoms with E-state index in [9.17, 15) is 9.90 Å². The molecule has 82 valence electrons. The van der Waals surface area contributed by atoms with E-state index in [1.807, 2.05) is 0 Å². The van der Waals surface area contributed by atoms with Crippen molar-refractivity contribution in [3.63, 3.8) is 0 Å². The Morgan fingerprint density at radius 1 is 1.38 bits per heavy atom. The molecule has 3 nitrogen and oxygen atoms in total. The van der Waals surface area contributed by atoms with Gasteiger partial charge in [-0.05, 0) is 30.5 Å². The standard InChI is InChI=1S/C13H12O3/c1-2-9-3-5-10(6-4-9)13(7-8-13)11(14)12(15)16/h1,3-6,11,14H,7-8H2,(H,15,16). The van der Waals surface area contributed by atoms with Crippen LogP contribution in [0.3, 0.4) is 0 Å². The van der Waals surface area contributed by atoms with Gasteiger partial charge in [0.25, 0.3) is 0 Å². The Balaban J connectivity index is 2.30. The van der Waals surface area contributed by atoms with Gasteiger partial charge in [0.1, 0.15) is 0 Å². The summed E-state index contributed by atoms with van der Waals surface area (Å²) in [6, 6.07) is 7.14. The van der Waals surface area contributed by atoms with Crippen LogP contribution in [0.25, 0.3) is 0 Å². The highest BCUT2D eigenvalue weighted by Crippen LogP contribution is 2.51. The number of hydrogen-bond acceptors (Lipinski definition) is 2. The maximum Gasteiger partial charge on any atom is 0.333 e. The predicted octanol–water partition coefficient (Wildman–Crippen LogP) is 1.15. The van der Waals surface area contributed by atoms with Gasteiger partial charge in [-0.1, -0.05) is 18.1 Å². The van der Waals surface area contributed by atoms with E-state index in [2.05, 4.69) is 5.92 Å². The zero-order valence-corrected chi connectivity index (χ0v) is 8.68. The highest BCUT2D eigenvalue weighted by atomic mass is 16.4. The molecule has 1 fully saturated rings. The van der Waals surface area contributed by atoms with Crippen LogP contribution in [0.1, 0.15) is 24.0 Å². The summed E-state index contributed by atoms with van der Waals surface area (Å²) in [4.78, 5) is 10.8. The Morgan fingerprint density at radius 3 is 2.31 bits per heavy atom. The van der Waals surface area contributed by atoms with Gasteiger partial charge in [0.05, 0.1) is 0 Å². The topological polar surface area (TPSA) is 57.5 Å². The lowest BCUT2D eigenvalue weighted by atomic mass is 9.89. The van der Waals surface area contributed by atoms with Crippen molar-refractivity contribution < 1.29 is 15.0 Å². The normalized spacial score (nSPS) is 18.5. The van der Waals surface area contributed by atoms with E-state index >= 15 is 0 Å².